The second-order valence-corrected chi connectivity index (χ2v) is 9.98. The predicted molar refractivity (Wildman–Crippen MR) is 109 cm³/mol. The average molecular weight is 357 g/mol. The molecule has 0 atom stereocenters. The molecule has 0 saturated carbocycles. The van der Waals surface area contributed by atoms with E-state index < -0.39 is 0 Å². The Hall–Kier alpha value is -1.74. The van der Waals surface area contributed by atoms with Crippen LogP contribution in [0.5, 0.6) is 0 Å². The molecule has 134 valence electrons. The lowest BCUT2D eigenvalue weighted by molar-refractivity contribution is -0.121. The summed E-state index contributed by atoms with van der Waals surface area (Å²) in [4.78, 5) is 13.5. The van der Waals surface area contributed by atoms with Crippen LogP contribution in [-0.4, -0.2) is 16.4 Å². The molecule has 3 heteroatoms. The minimum Gasteiger partial charge on any atom is -0.352 e. The van der Waals surface area contributed by atoms with Gasteiger partial charge in [-0.05, 0) is 57.4 Å². The minimum atomic E-state index is 0.112. The Bertz CT molecular complexity index is 659. The fraction of sp³-hybridized carbons (Fsp3) is 0.409. The zero-order valence-electron chi connectivity index (χ0n) is 15.8. The highest BCUT2D eigenvalue weighted by Gasteiger charge is 2.29. The first-order chi connectivity index (χ1) is 12.0. The van der Waals surface area contributed by atoms with E-state index in [1.165, 1.54) is 10.5 Å². The lowest BCUT2D eigenvalue weighted by Gasteiger charge is -2.16. The molecule has 0 aromatic heterocycles. The number of hydrogen-bond donors (Lipinski definition) is 1. The van der Waals surface area contributed by atoms with Gasteiger partial charge in [-0.1, -0.05) is 42.5 Å². The smallest absolute Gasteiger partial charge is 0.220 e. The molecule has 0 unspecified atom stereocenters. The molecule has 0 bridgehead atoms. The lowest BCUT2D eigenvalue weighted by Crippen LogP contribution is -2.25. The first-order valence-electron chi connectivity index (χ1n) is 9.09. The van der Waals surface area contributed by atoms with Gasteiger partial charge in [0.2, 0.25) is 5.91 Å². The van der Waals surface area contributed by atoms with Crippen LogP contribution in [-0.2, 0) is 28.7 Å². The van der Waals surface area contributed by atoms with Crippen molar-refractivity contribution in [1.29, 1.82) is 0 Å². The third-order valence-electron chi connectivity index (χ3n) is 4.16. The molecule has 0 aliphatic heterocycles. The van der Waals surface area contributed by atoms with Crippen molar-refractivity contribution >= 4 is 16.8 Å². The van der Waals surface area contributed by atoms with Crippen molar-refractivity contribution in [2.45, 2.75) is 62.5 Å². The van der Waals surface area contributed by atoms with Crippen LogP contribution >= 0.6 is 0 Å². The summed E-state index contributed by atoms with van der Waals surface area (Å²) in [7, 11) is 0.255. The Morgan fingerprint density at radius 3 is 2.20 bits per heavy atom. The lowest BCUT2D eigenvalue weighted by atomic mass is 10.1. The molecule has 2 aromatic carbocycles. The number of benzene rings is 2. The molecular formula is C22H30NOS+. The van der Waals surface area contributed by atoms with Crippen molar-refractivity contribution in [3.05, 3.63) is 65.7 Å². The monoisotopic (exact) mass is 356 g/mol. The van der Waals surface area contributed by atoms with E-state index in [-0.39, 0.29) is 16.8 Å². The van der Waals surface area contributed by atoms with Gasteiger partial charge in [0.05, 0.1) is 0 Å². The van der Waals surface area contributed by atoms with Gasteiger partial charge in [-0.2, -0.15) is 0 Å². The van der Waals surface area contributed by atoms with Crippen molar-refractivity contribution in [3.8, 4) is 0 Å². The van der Waals surface area contributed by atoms with Gasteiger partial charge in [-0.15, -0.1) is 0 Å². The Labute approximate surface area is 155 Å². The third-order valence-corrected chi connectivity index (χ3v) is 6.99. The number of amides is 1. The normalized spacial score (nSPS) is 11.3. The number of carbonyl (C=O) groups excluding carboxylic acids is 1. The summed E-state index contributed by atoms with van der Waals surface area (Å²) in [5, 5.41) is 4.29. The van der Waals surface area contributed by atoms with Crippen LogP contribution in [0.25, 0.3) is 0 Å². The van der Waals surface area contributed by atoms with Gasteiger partial charge in [0.15, 0.2) is 4.90 Å². The van der Waals surface area contributed by atoms with Gasteiger partial charge >= 0.3 is 0 Å². The first-order valence-corrected chi connectivity index (χ1v) is 10.4. The Morgan fingerprint density at radius 2 is 1.56 bits per heavy atom. The molecule has 1 amide bonds. The van der Waals surface area contributed by atoms with Gasteiger partial charge in [-0.3, -0.25) is 4.79 Å². The molecule has 2 aromatic rings. The number of aryl methyl sites for hydroxylation is 1. The second-order valence-electron chi connectivity index (χ2n) is 6.88. The van der Waals surface area contributed by atoms with E-state index in [0.29, 0.717) is 23.5 Å². The van der Waals surface area contributed by atoms with E-state index in [4.69, 9.17) is 0 Å². The molecule has 0 spiro atoms. The molecule has 2 rings (SSSR count). The Kier molecular flexibility index (Phi) is 7.57. The molecule has 0 fully saturated rings. The summed E-state index contributed by atoms with van der Waals surface area (Å²) < 4.78 is 0. The number of hydrogen-bond acceptors (Lipinski definition) is 1. The van der Waals surface area contributed by atoms with E-state index in [1.807, 2.05) is 30.3 Å². The van der Waals surface area contributed by atoms with Crippen molar-refractivity contribution < 1.29 is 4.79 Å². The quantitative estimate of drug-likeness (QED) is 0.681. The van der Waals surface area contributed by atoms with Crippen LogP contribution in [0.15, 0.2) is 59.5 Å². The van der Waals surface area contributed by atoms with Gasteiger partial charge in [0.1, 0.15) is 10.5 Å². The summed E-state index contributed by atoms with van der Waals surface area (Å²) in [6.07, 6.45) is 1.33. The molecule has 0 aliphatic rings. The SMILES string of the molecule is CC(C)[S+](c1cccc(CCC(=O)NCc2ccccc2)c1)C(C)C. The molecule has 25 heavy (non-hydrogen) atoms. The van der Waals surface area contributed by atoms with Crippen molar-refractivity contribution in [2.75, 3.05) is 0 Å². The Balaban J connectivity index is 1.90. The highest BCUT2D eigenvalue weighted by molar-refractivity contribution is 7.98. The van der Waals surface area contributed by atoms with Crippen LogP contribution in [0.4, 0.5) is 0 Å². The standard InChI is InChI=1S/C22H29NOS/c1-17(2)25(18(3)4)21-12-8-11-19(15-21)13-14-22(24)23-16-20-9-6-5-7-10-20/h5-12,15,17-18H,13-14,16H2,1-4H3/p+1. The van der Waals surface area contributed by atoms with Crippen LogP contribution in [0.1, 0.15) is 45.2 Å². The highest BCUT2D eigenvalue weighted by Crippen LogP contribution is 2.24. The van der Waals surface area contributed by atoms with Crippen LogP contribution in [0.3, 0.4) is 0 Å². The van der Waals surface area contributed by atoms with Crippen LogP contribution in [0.2, 0.25) is 0 Å². The minimum absolute atomic E-state index is 0.112. The van der Waals surface area contributed by atoms with Crippen LogP contribution in [0, 0.1) is 0 Å². The zero-order valence-corrected chi connectivity index (χ0v) is 16.6. The van der Waals surface area contributed by atoms with E-state index in [0.717, 1.165) is 12.0 Å². The van der Waals surface area contributed by atoms with Crippen LogP contribution < -0.4 is 5.32 Å². The third kappa shape index (κ3) is 6.24. The fourth-order valence-electron chi connectivity index (χ4n) is 3.08. The number of carbonyl (C=O) groups is 1. The van der Waals surface area contributed by atoms with E-state index in [9.17, 15) is 4.79 Å². The molecule has 1 N–H and O–H groups in total. The number of nitrogens with one attached hydrogen (secondary N) is 1. The number of rotatable bonds is 8. The van der Waals surface area contributed by atoms with Gasteiger partial charge in [-0.25, -0.2) is 0 Å². The van der Waals surface area contributed by atoms with Crippen molar-refractivity contribution in [1.82, 2.24) is 5.32 Å². The second kappa shape index (κ2) is 9.67. The summed E-state index contributed by atoms with van der Waals surface area (Å²) >= 11 is 0. The maximum Gasteiger partial charge on any atom is 0.220 e. The van der Waals surface area contributed by atoms with E-state index in [2.05, 4.69) is 57.3 Å². The molecule has 0 saturated heterocycles. The largest absolute Gasteiger partial charge is 0.352 e. The fourth-order valence-corrected chi connectivity index (χ4v) is 5.78. The van der Waals surface area contributed by atoms with Crippen molar-refractivity contribution in [2.24, 2.45) is 0 Å². The highest BCUT2D eigenvalue weighted by atomic mass is 32.2. The predicted octanol–water partition coefficient (Wildman–Crippen LogP) is 4.73. The average Bonchev–Trinajstić information content (AvgIpc) is 2.59. The summed E-state index contributed by atoms with van der Waals surface area (Å²) in [5.41, 5.74) is 2.39. The summed E-state index contributed by atoms with van der Waals surface area (Å²) in [6, 6.07) is 18.8. The van der Waals surface area contributed by atoms with Gasteiger partial charge in [0, 0.05) is 23.9 Å². The van der Waals surface area contributed by atoms with E-state index >= 15 is 0 Å². The molecule has 2 nitrogen and oxygen atoms in total. The molecule has 0 heterocycles. The first kappa shape index (κ1) is 19.6. The zero-order chi connectivity index (χ0) is 18.2. The van der Waals surface area contributed by atoms with Gasteiger partial charge < -0.3 is 5.32 Å². The molecule has 0 radical (unpaired) electrons. The topological polar surface area (TPSA) is 29.1 Å². The summed E-state index contributed by atoms with van der Waals surface area (Å²) in [6.45, 7) is 9.79. The maximum atomic E-state index is 12.1. The molecular weight excluding hydrogens is 326 g/mol. The maximum absolute atomic E-state index is 12.1. The van der Waals surface area contributed by atoms with E-state index in [1.54, 1.807) is 0 Å². The summed E-state index contributed by atoms with van der Waals surface area (Å²) in [5.74, 6) is 0.112. The molecule has 0 aliphatic carbocycles. The van der Waals surface area contributed by atoms with Gasteiger partial charge in [0.25, 0.3) is 0 Å². The van der Waals surface area contributed by atoms with Crippen molar-refractivity contribution in [3.63, 3.8) is 0 Å². The Morgan fingerprint density at radius 1 is 0.920 bits per heavy atom.